The Labute approximate surface area is 117 Å². The van der Waals surface area contributed by atoms with Crippen LogP contribution in [0.1, 0.15) is 19.3 Å². The number of hydrogen-bond acceptors (Lipinski definition) is 4. The summed E-state index contributed by atoms with van der Waals surface area (Å²) in [5.74, 6) is 0.592. The predicted molar refractivity (Wildman–Crippen MR) is 75.7 cm³/mol. The lowest BCUT2D eigenvalue weighted by Crippen LogP contribution is -2.41. The van der Waals surface area contributed by atoms with E-state index in [1.54, 1.807) is 0 Å². The number of hydrogen-bond donors (Lipinski definition) is 0. The van der Waals surface area contributed by atoms with Gasteiger partial charge in [-0.15, -0.1) is 0 Å². The molecule has 0 N–H and O–H groups in total. The van der Waals surface area contributed by atoms with Crippen LogP contribution >= 0.6 is 15.9 Å². The molecule has 6 heteroatoms. The molecule has 2 atom stereocenters. The van der Waals surface area contributed by atoms with Crippen molar-refractivity contribution in [1.82, 2.24) is 4.90 Å². The van der Waals surface area contributed by atoms with Crippen molar-refractivity contribution in [1.29, 1.82) is 0 Å². The van der Waals surface area contributed by atoms with E-state index in [0.29, 0.717) is 12.3 Å². The molecule has 2 saturated heterocycles. The minimum Gasteiger partial charge on any atom is -0.377 e. The van der Waals surface area contributed by atoms with E-state index in [1.165, 1.54) is 0 Å². The largest absolute Gasteiger partial charge is 0.377 e. The molecule has 0 aromatic heterocycles. The summed E-state index contributed by atoms with van der Waals surface area (Å²) in [6.07, 6.45) is 3.16. The normalized spacial score (nSPS) is 31.0. The third-order valence-electron chi connectivity index (χ3n) is 3.56. The van der Waals surface area contributed by atoms with E-state index < -0.39 is 9.84 Å². The van der Waals surface area contributed by atoms with Crippen LogP contribution < -0.4 is 0 Å². The molecular formula is C12H20BrNO3S. The highest BCUT2D eigenvalue weighted by molar-refractivity contribution is 9.11. The number of sulfone groups is 1. The van der Waals surface area contributed by atoms with E-state index in [0.717, 1.165) is 36.9 Å². The van der Waals surface area contributed by atoms with Gasteiger partial charge in [0.05, 0.1) is 17.6 Å². The van der Waals surface area contributed by atoms with Crippen molar-refractivity contribution in [3.05, 3.63) is 11.1 Å². The number of nitrogens with zero attached hydrogens (tertiary/aromatic N) is 1. The second kappa shape index (κ2) is 6.03. The molecule has 2 aliphatic rings. The van der Waals surface area contributed by atoms with Crippen LogP contribution in [0.3, 0.4) is 0 Å². The first-order chi connectivity index (χ1) is 8.46. The van der Waals surface area contributed by atoms with Crippen LogP contribution in [-0.4, -0.2) is 56.7 Å². The second-order valence-electron chi connectivity index (χ2n) is 5.14. The minimum atomic E-state index is -2.84. The van der Waals surface area contributed by atoms with Gasteiger partial charge in [-0.05, 0) is 19.3 Å². The summed E-state index contributed by atoms with van der Waals surface area (Å²) in [6.45, 7) is 6.20. The summed E-state index contributed by atoms with van der Waals surface area (Å²) in [5, 5.41) is 0. The summed E-state index contributed by atoms with van der Waals surface area (Å²) < 4.78 is 29.7. The number of rotatable bonds is 5. The standard InChI is InChI=1S/C12H20BrNO3S/c1-10(13)7-14(8-12-3-2-5-17-12)11-4-6-18(15,16)9-11/h11-12H,1-9H2/t11-,12-/m1/s1. The molecule has 0 bridgehead atoms. The Hall–Kier alpha value is 0.0900. The van der Waals surface area contributed by atoms with Crippen LogP contribution in [0.5, 0.6) is 0 Å². The molecule has 4 nitrogen and oxygen atoms in total. The number of ether oxygens (including phenoxy) is 1. The summed E-state index contributed by atoms with van der Waals surface area (Å²) in [6, 6.07) is 0.119. The van der Waals surface area contributed by atoms with Crippen LogP contribution in [-0.2, 0) is 14.6 Å². The van der Waals surface area contributed by atoms with Crippen molar-refractivity contribution in [2.45, 2.75) is 31.4 Å². The van der Waals surface area contributed by atoms with Gasteiger partial charge in [0.15, 0.2) is 9.84 Å². The smallest absolute Gasteiger partial charge is 0.151 e. The molecule has 104 valence electrons. The van der Waals surface area contributed by atoms with Crippen LogP contribution in [0.15, 0.2) is 11.1 Å². The van der Waals surface area contributed by atoms with Crippen LogP contribution in [0.2, 0.25) is 0 Å². The van der Waals surface area contributed by atoms with E-state index in [2.05, 4.69) is 27.4 Å². The van der Waals surface area contributed by atoms with Gasteiger partial charge in [-0.2, -0.15) is 0 Å². The lowest BCUT2D eigenvalue weighted by Gasteiger charge is -2.29. The summed E-state index contributed by atoms with van der Waals surface area (Å²) >= 11 is 3.37. The van der Waals surface area contributed by atoms with Gasteiger partial charge in [0.2, 0.25) is 0 Å². The van der Waals surface area contributed by atoms with Gasteiger partial charge < -0.3 is 4.74 Å². The molecule has 0 aliphatic carbocycles. The summed E-state index contributed by atoms with van der Waals surface area (Å²) in [7, 11) is -2.84. The van der Waals surface area contributed by atoms with Crippen molar-refractivity contribution in [2.24, 2.45) is 0 Å². The summed E-state index contributed by atoms with van der Waals surface area (Å²) in [4.78, 5) is 2.21. The second-order valence-corrected chi connectivity index (χ2v) is 8.49. The summed E-state index contributed by atoms with van der Waals surface area (Å²) in [5.41, 5.74) is 0. The highest BCUT2D eigenvalue weighted by Crippen LogP contribution is 2.22. The van der Waals surface area contributed by atoms with Crippen molar-refractivity contribution < 1.29 is 13.2 Å². The predicted octanol–water partition coefficient (Wildman–Crippen LogP) is 1.56. The Morgan fingerprint density at radius 2 is 2.22 bits per heavy atom. The zero-order valence-corrected chi connectivity index (χ0v) is 12.9. The van der Waals surface area contributed by atoms with Crippen LogP contribution in [0.4, 0.5) is 0 Å². The topological polar surface area (TPSA) is 46.6 Å². The van der Waals surface area contributed by atoms with Crippen molar-refractivity contribution in [3.63, 3.8) is 0 Å². The van der Waals surface area contributed by atoms with E-state index in [9.17, 15) is 8.42 Å². The fourth-order valence-corrected chi connectivity index (χ4v) is 4.76. The molecule has 2 heterocycles. The third kappa shape index (κ3) is 4.05. The van der Waals surface area contributed by atoms with Gasteiger partial charge in [-0.3, -0.25) is 4.90 Å². The van der Waals surface area contributed by atoms with Gasteiger partial charge in [0.1, 0.15) is 0 Å². The molecule has 0 radical (unpaired) electrons. The molecule has 0 amide bonds. The fraction of sp³-hybridized carbons (Fsp3) is 0.833. The molecule has 2 aliphatic heterocycles. The Balaban J connectivity index is 1.98. The van der Waals surface area contributed by atoms with Crippen molar-refractivity contribution in [3.8, 4) is 0 Å². The maximum absolute atomic E-state index is 11.6. The zero-order valence-electron chi connectivity index (χ0n) is 10.5. The van der Waals surface area contributed by atoms with Gasteiger partial charge >= 0.3 is 0 Å². The Morgan fingerprint density at radius 3 is 2.72 bits per heavy atom. The third-order valence-corrected chi connectivity index (χ3v) is 5.56. The first kappa shape index (κ1) is 14.5. The average molecular weight is 338 g/mol. The van der Waals surface area contributed by atoms with Crippen molar-refractivity contribution >= 4 is 25.8 Å². The molecule has 18 heavy (non-hydrogen) atoms. The quantitative estimate of drug-likeness (QED) is 0.763. The van der Waals surface area contributed by atoms with Gasteiger partial charge in [-0.1, -0.05) is 22.5 Å². The minimum absolute atomic E-state index is 0.119. The van der Waals surface area contributed by atoms with Crippen LogP contribution in [0.25, 0.3) is 0 Å². The molecular weight excluding hydrogens is 318 g/mol. The van der Waals surface area contributed by atoms with Gasteiger partial charge in [0, 0.05) is 30.2 Å². The monoisotopic (exact) mass is 337 g/mol. The maximum Gasteiger partial charge on any atom is 0.151 e. The molecule has 0 spiro atoms. The molecule has 2 rings (SSSR count). The number of halogens is 1. The van der Waals surface area contributed by atoms with E-state index >= 15 is 0 Å². The first-order valence-corrected chi connectivity index (χ1v) is 8.97. The SMILES string of the molecule is C=C(Br)CN(C[C@H]1CCCO1)[C@@H]1CCS(=O)(=O)C1. The lowest BCUT2D eigenvalue weighted by atomic mass is 10.1. The van der Waals surface area contributed by atoms with Crippen LogP contribution in [0, 0.1) is 0 Å². The average Bonchev–Trinajstić information content (AvgIpc) is 2.86. The molecule has 0 saturated carbocycles. The molecule has 0 aromatic carbocycles. The Kier molecular flexibility index (Phi) is 4.86. The molecule has 0 aromatic rings. The molecule has 2 fully saturated rings. The zero-order chi connectivity index (χ0) is 13.2. The van der Waals surface area contributed by atoms with E-state index in [1.807, 2.05) is 0 Å². The Morgan fingerprint density at radius 1 is 1.44 bits per heavy atom. The lowest BCUT2D eigenvalue weighted by molar-refractivity contribution is 0.0654. The van der Waals surface area contributed by atoms with Gasteiger partial charge in [0.25, 0.3) is 0 Å². The highest BCUT2D eigenvalue weighted by atomic mass is 79.9. The van der Waals surface area contributed by atoms with E-state index in [-0.39, 0.29) is 17.9 Å². The highest BCUT2D eigenvalue weighted by Gasteiger charge is 2.33. The Bertz CT molecular complexity index is 404. The molecule has 0 unspecified atom stereocenters. The van der Waals surface area contributed by atoms with E-state index in [4.69, 9.17) is 4.74 Å². The fourth-order valence-electron chi connectivity index (χ4n) is 2.68. The first-order valence-electron chi connectivity index (χ1n) is 6.35. The van der Waals surface area contributed by atoms with Gasteiger partial charge in [-0.25, -0.2) is 8.42 Å². The van der Waals surface area contributed by atoms with Crippen molar-refractivity contribution in [2.75, 3.05) is 31.2 Å². The maximum atomic E-state index is 11.6.